The largest absolute Gasteiger partial charge is 1.00 e. The van der Waals surface area contributed by atoms with Crippen LogP contribution in [0.3, 0.4) is 0 Å². The van der Waals surface area contributed by atoms with Gasteiger partial charge in [-0.1, -0.05) is 18.2 Å². The van der Waals surface area contributed by atoms with E-state index >= 15 is 0 Å². The fourth-order valence-corrected chi connectivity index (χ4v) is 2.30. The number of hydrogen-bond donors (Lipinski definition) is 0. The van der Waals surface area contributed by atoms with Crippen LogP contribution in [-0.2, 0) is 0 Å². The summed E-state index contributed by atoms with van der Waals surface area (Å²) < 4.78 is 12.8. The number of rotatable bonds is 3. The molecule has 0 saturated heterocycles. The molecule has 0 bridgehead atoms. The Morgan fingerprint density at radius 2 is 1.71 bits per heavy atom. The van der Waals surface area contributed by atoms with E-state index in [9.17, 15) is 0 Å². The van der Waals surface area contributed by atoms with Gasteiger partial charge in [0.2, 0.25) is 5.69 Å². The first-order valence-electron chi connectivity index (χ1n) is 6.44. The maximum absolute atomic E-state index is 5.43. The number of halogens is 1. The van der Waals surface area contributed by atoms with Gasteiger partial charge >= 0.3 is 0 Å². The highest BCUT2D eigenvalue weighted by molar-refractivity contribution is 5.86. The van der Waals surface area contributed by atoms with Crippen LogP contribution in [0.5, 0.6) is 11.5 Å². The average molecular weight is 346 g/mol. The van der Waals surface area contributed by atoms with Crippen molar-refractivity contribution >= 4 is 10.8 Å². The number of nitrogens with zero attached hydrogens (tertiary/aromatic N) is 1. The second-order valence-electron chi connectivity index (χ2n) is 4.52. The highest BCUT2D eigenvalue weighted by atomic mass is 79.9. The molecular weight excluding hydrogens is 330 g/mol. The minimum atomic E-state index is 0. The third-order valence-electron chi connectivity index (χ3n) is 3.35. The number of methoxy groups -OCH3 is 2. The summed E-state index contributed by atoms with van der Waals surface area (Å²) in [6, 6.07) is 16.1. The van der Waals surface area contributed by atoms with Crippen LogP contribution in [0.2, 0.25) is 0 Å². The van der Waals surface area contributed by atoms with E-state index in [1.54, 1.807) is 14.2 Å². The van der Waals surface area contributed by atoms with Crippen molar-refractivity contribution in [3.8, 4) is 17.2 Å². The van der Waals surface area contributed by atoms with Gasteiger partial charge in [-0.15, -0.1) is 0 Å². The number of aromatic nitrogens is 1. The molecule has 0 amide bonds. The molecule has 4 heteroatoms. The third-order valence-corrected chi connectivity index (χ3v) is 3.35. The van der Waals surface area contributed by atoms with Crippen molar-refractivity contribution in [3.63, 3.8) is 0 Å². The Bertz CT molecular complexity index is 759. The van der Waals surface area contributed by atoms with Crippen LogP contribution in [0.25, 0.3) is 16.5 Å². The first-order valence-corrected chi connectivity index (χ1v) is 6.44. The number of hydrogen-bond acceptors (Lipinski definition) is 2. The second kappa shape index (κ2) is 6.59. The minimum Gasteiger partial charge on any atom is -1.00 e. The molecule has 0 aliphatic carbocycles. The van der Waals surface area contributed by atoms with Gasteiger partial charge in [-0.3, -0.25) is 0 Å². The molecule has 1 heterocycles. The summed E-state index contributed by atoms with van der Waals surface area (Å²) in [4.78, 5) is 0. The fraction of sp³-hybridized carbons (Fsp3) is 0.118. The summed E-state index contributed by atoms with van der Waals surface area (Å²) in [6.45, 7) is 0. The topological polar surface area (TPSA) is 22.3 Å². The summed E-state index contributed by atoms with van der Waals surface area (Å²) in [5, 5.41) is 2.24. The predicted molar refractivity (Wildman–Crippen MR) is 78.6 cm³/mol. The second-order valence-corrected chi connectivity index (χ2v) is 4.52. The van der Waals surface area contributed by atoms with Gasteiger partial charge < -0.3 is 26.5 Å². The molecule has 0 N–H and O–H groups in total. The summed E-state index contributed by atoms with van der Waals surface area (Å²) in [6.07, 6.45) is 4.11. The quantitative estimate of drug-likeness (QED) is 0.630. The zero-order chi connectivity index (χ0) is 13.9. The number of fused-ring (bicyclic) bond motifs is 1. The monoisotopic (exact) mass is 345 g/mol. The van der Waals surface area contributed by atoms with E-state index in [0.29, 0.717) is 0 Å². The first kappa shape index (κ1) is 15.3. The van der Waals surface area contributed by atoms with Crippen molar-refractivity contribution in [2.75, 3.05) is 14.2 Å². The molecule has 3 aromatic rings. The zero-order valence-electron chi connectivity index (χ0n) is 11.9. The van der Waals surface area contributed by atoms with Crippen molar-refractivity contribution in [2.24, 2.45) is 0 Å². The van der Waals surface area contributed by atoms with E-state index in [1.165, 1.54) is 0 Å². The molecule has 21 heavy (non-hydrogen) atoms. The molecule has 0 fully saturated rings. The minimum absolute atomic E-state index is 0. The Kier molecular flexibility index (Phi) is 4.81. The van der Waals surface area contributed by atoms with E-state index < -0.39 is 0 Å². The highest BCUT2D eigenvalue weighted by Gasteiger charge is 2.10. The molecule has 0 saturated carbocycles. The van der Waals surface area contributed by atoms with Crippen LogP contribution >= 0.6 is 0 Å². The lowest BCUT2D eigenvalue weighted by atomic mass is 10.1. The van der Waals surface area contributed by atoms with Crippen LogP contribution in [0.15, 0.2) is 60.9 Å². The SMILES string of the molecule is COc1cccc(-[n+]2ccc3cccc(OC)c3c2)c1.[Br-]. The van der Waals surface area contributed by atoms with Gasteiger partial charge in [0.25, 0.3) is 0 Å². The van der Waals surface area contributed by atoms with E-state index in [0.717, 1.165) is 28.0 Å². The van der Waals surface area contributed by atoms with Gasteiger partial charge in [0.1, 0.15) is 11.5 Å². The lowest BCUT2D eigenvalue weighted by Gasteiger charge is -2.05. The van der Waals surface area contributed by atoms with Gasteiger partial charge in [0, 0.05) is 12.1 Å². The van der Waals surface area contributed by atoms with Gasteiger partial charge in [-0.25, -0.2) is 0 Å². The van der Waals surface area contributed by atoms with E-state index in [-0.39, 0.29) is 17.0 Å². The fourth-order valence-electron chi connectivity index (χ4n) is 2.30. The molecule has 108 valence electrons. The Balaban J connectivity index is 0.00000161. The molecule has 0 atom stereocenters. The Morgan fingerprint density at radius 1 is 0.905 bits per heavy atom. The van der Waals surface area contributed by atoms with Crippen LogP contribution < -0.4 is 31.0 Å². The van der Waals surface area contributed by atoms with Gasteiger partial charge in [0.15, 0.2) is 12.4 Å². The summed E-state index contributed by atoms with van der Waals surface area (Å²) in [5.41, 5.74) is 1.05. The van der Waals surface area contributed by atoms with Gasteiger partial charge in [-0.05, 0) is 17.5 Å². The summed E-state index contributed by atoms with van der Waals surface area (Å²) in [7, 11) is 3.37. The average Bonchev–Trinajstić information content (AvgIpc) is 2.53. The predicted octanol–water partition coefficient (Wildman–Crippen LogP) is 0.138. The molecule has 3 rings (SSSR count). The van der Waals surface area contributed by atoms with E-state index in [2.05, 4.69) is 22.9 Å². The third kappa shape index (κ3) is 3.00. The molecule has 3 nitrogen and oxygen atoms in total. The molecule has 2 aromatic carbocycles. The van der Waals surface area contributed by atoms with E-state index in [1.807, 2.05) is 42.6 Å². The first-order chi connectivity index (χ1) is 9.81. The normalized spacial score (nSPS) is 10.0. The van der Waals surface area contributed by atoms with Crippen molar-refractivity contribution in [3.05, 3.63) is 60.9 Å². The van der Waals surface area contributed by atoms with Crippen molar-refractivity contribution < 1.29 is 31.0 Å². The van der Waals surface area contributed by atoms with Crippen LogP contribution in [-0.4, -0.2) is 14.2 Å². The molecule has 1 aromatic heterocycles. The molecule has 0 radical (unpaired) electrons. The van der Waals surface area contributed by atoms with Crippen LogP contribution in [0.4, 0.5) is 0 Å². The van der Waals surface area contributed by atoms with Gasteiger partial charge in [-0.2, -0.15) is 4.57 Å². The number of benzene rings is 2. The van der Waals surface area contributed by atoms with Crippen molar-refractivity contribution in [1.82, 2.24) is 0 Å². The molecule has 0 spiro atoms. The Hall–Kier alpha value is -2.07. The zero-order valence-corrected chi connectivity index (χ0v) is 13.5. The molecule has 0 unspecified atom stereocenters. The maximum atomic E-state index is 5.43. The smallest absolute Gasteiger partial charge is 0.214 e. The van der Waals surface area contributed by atoms with Crippen LogP contribution in [0, 0.1) is 0 Å². The van der Waals surface area contributed by atoms with Crippen molar-refractivity contribution in [1.29, 1.82) is 0 Å². The maximum Gasteiger partial charge on any atom is 0.214 e. The van der Waals surface area contributed by atoms with Crippen molar-refractivity contribution in [2.45, 2.75) is 0 Å². The molecular formula is C17H16BrNO2. The Labute approximate surface area is 134 Å². The number of ether oxygens (including phenoxy) is 2. The molecule has 0 aliphatic rings. The van der Waals surface area contributed by atoms with E-state index in [4.69, 9.17) is 9.47 Å². The summed E-state index contributed by atoms with van der Waals surface area (Å²) in [5.74, 6) is 1.72. The molecule has 0 aliphatic heterocycles. The highest BCUT2D eigenvalue weighted by Crippen LogP contribution is 2.24. The summed E-state index contributed by atoms with van der Waals surface area (Å²) >= 11 is 0. The van der Waals surface area contributed by atoms with Gasteiger partial charge in [0.05, 0.1) is 25.7 Å². The van der Waals surface area contributed by atoms with Crippen LogP contribution in [0.1, 0.15) is 0 Å². The standard InChI is InChI=1S/C17H16NO2.BrH/c1-19-15-7-4-6-14(11-15)18-10-9-13-5-3-8-17(20-2)16(13)12-18;/h3-12H,1-2H3;1H/q+1;/p-1. The number of pyridine rings is 1. The lowest BCUT2D eigenvalue weighted by molar-refractivity contribution is -0.594. The Morgan fingerprint density at radius 3 is 2.48 bits per heavy atom. The lowest BCUT2D eigenvalue weighted by Crippen LogP contribution is -3.00.